The first-order chi connectivity index (χ1) is 15.5. The van der Waals surface area contributed by atoms with Gasteiger partial charge in [-0.05, 0) is 17.7 Å². The zero-order valence-electron chi connectivity index (χ0n) is 16.6. The number of nitrogens with one attached hydrogen (secondary N) is 2. The zero-order chi connectivity index (χ0) is 24.2. The van der Waals surface area contributed by atoms with Crippen LogP contribution in [0.25, 0.3) is 11.2 Å². The number of imidazole rings is 1. The Morgan fingerprint density at radius 3 is 2.39 bits per heavy atom. The van der Waals surface area contributed by atoms with Crippen LogP contribution in [0.3, 0.4) is 0 Å². The fourth-order valence-corrected chi connectivity index (χ4v) is 3.18. The van der Waals surface area contributed by atoms with Crippen molar-refractivity contribution in [1.29, 1.82) is 0 Å². The number of halogens is 2. The molecule has 33 heavy (non-hydrogen) atoms. The highest BCUT2D eigenvalue weighted by Crippen LogP contribution is 2.37. The van der Waals surface area contributed by atoms with Gasteiger partial charge in [0.15, 0.2) is 17.8 Å². The molecule has 0 aliphatic carbocycles. The third kappa shape index (κ3) is 6.93. The lowest BCUT2D eigenvalue weighted by molar-refractivity contribution is -0.132. The van der Waals surface area contributed by atoms with E-state index in [1.807, 2.05) is 0 Å². The van der Waals surface area contributed by atoms with Gasteiger partial charge in [-0.2, -0.15) is 0 Å². The zero-order valence-corrected chi connectivity index (χ0v) is 17.5. The molecule has 7 N–H and O–H groups in total. The number of hydrogen-bond acceptors (Lipinski definition) is 10. The largest absolute Gasteiger partial charge is 0.469 e. The summed E-state index contributed by atoms with van der Waals surface area (Å²) in [6.45, 7) is -0.362. The van der Waals surface area contributed by atoms with Gasteiger partial charge < -0.3 is 40.1 Å². The first-order valence-corrected chi connectivity index (χ1v) is 10.8. The molecule has 4 atom stereocenters. The maximum Gasteiger partial charge on any atom is 0.469 e. The van der Waals surface area contributed by atoms with E-state index in [-0.39, 0.29) is 6.54 Å². The molecule has 0 amide bonds. The number of anilines is 1. The van der Waals surface area contributed by atoms with Crippen molar-refractivity contribution in [2.75, 3.05) is 11.9 Å². The number of phosphoric acid groups is 1. The topological polar surface area (TPSA) is 203 Å². The fraction of sp³-hybridized carbons (Fsp3) is 0.353. The highest BCUT2D eigenvalue weighted by atomic mass is 31.2. The van der Waals surface area contributed by atoms with Gasteiger partial charge in [0.1, 0.15) is 41.8 Å². The van der Waals surface area contributed by atoms with Crippen molar-refractivity contribution in [3.05, 3.63) is 48.1 Å². The number of benzene rings is 1. The van der Waals surface area contributed by atoms with Gasteiger partial charge in [0.25, 0.3) is 0 Å². The Hall–Kier alpha value is -2.62. The second-order valence-electron chi connectivity index (χ2n) is 6.79. The van der Waals surface area contributed by atoms with Crippen molar-refractivity contribution in [2.45, 2.75) is 31.1 Å². The van der Waals surface area contributed by atoms with Crippen LogP contribution in [0.2, 0.25) is 0 Å². The number of aromatic amines is 1. The Morgan fingerprint density at radius 1 is 1.09 bits per heavy atom. The number of aliphatic hydroxyl groups is 3. The number of aromatic nitrogens is 4. The molecule has 1 saturated heterocycles. The van der Waals surface area contributed by atoms with Crippen LogP contribution < -0.4 is 5.32 Å². The Morgan fingerprint density at radius 2 is 1.79 bits per heavy atom. The summed E-state index contributed by atoms with van der Waals surface area (Å²) in [4.78, 5) is 31.6. The van der Waals surface area contributed by atoms with Crippen LogP contribution in [0, 0.1) is 11.6 Å². The summed E-state index contributed by atoms with van der Waals surface area (Å²) in [6, 6.07) is 3.37. The molecule has 1 fully saturated rings. The summed E-state index contributed by atoms with van der Waals surface area (Å²) in [5.41, 5.74) is 1.67. The van der Waals surface area contributed by atoms with E-state index in [4.69, 9.17) is 25.1 Å². The van der Waals surface area contributed by atoms with E-state index in [0.29, 0.717) is 22.5 Å². The summed E-state index contributed by atoms with van der Waals surface area (Å²) in [7, 11) is -4.64. The molecule has 0 radical (unpaired) electrons. The lowest BCUT2D eigenvalue weighted by Crippen LogP contribution is -2.34. The molecule has 16 heteroatoms. The summed E-state index contributed by atoms with van der Waals surface area (Å²) >= 11 is 0. The van der Waals surface area contributed by atoms with E-state index in [0.717, 1.165) is 6.07 Å². The summed E-state index contributed by atoms with van der Waals surface area (Å²) in [5.74, 6) is -0.676. The Balaban J connectivity index is 0.000000196. The number of hydrogen-bond donors (Lipinski definition) is 7. The molecule has 3 aromatic rings. The number of fused-ring (bicyclic) bond motifs is 1. The summed E-state index contributed by atoms with van der Waals surface area (Å²) in [5, 5.41) is 30.0. The second-order valence-corrected chi connectivity index (χ2v) is 8.03. The third-order valence-electron chi connectivity index (χ3n) is 4.35. The van der Waals surface area contributed by atoms with Gasteiger partial charge in [-0.1, -0.05) is 0 Å². The number of aliphatic hydroxyl groups excluding tert-OH is 3. The number of rotatable bonds is 6. The van der Waals surface area contributed by atoms with Gasteiger partial charge >= 0.3 is 7.82 Å². The summed E-state index contributed by atoms with van der Waals surface area (Å²) in [6.07, 6.45) is -2.79. The van der Waals surface area contributed by atoms with Crippen molar-refractivity contribution in [2.24, 2.45) is 0 Å². The normalized spacial score (nSPS) is 22.8. The minimum atomic E-state index is -4.64. The molecule has 13 nitrogen and oxygen atoms in total. The van der Waals surface area contributed by atoms with Crippen LogP contribution in [0.5, 0.6) is 0 Å². The van der Waals surface area contributed by atoms with Gasteiger partial charge in [0, 0.05) is 12.6 Å². The first kappa shape index (κ1) is 25.0. The standard InChI is InChI=1S/C12H9F2N5.C5H11O8P/c13-8-1-7(2-9(14)3-8)4-15-11-10-12(17-5-16-10)19-6-18-11;6-3-2(1-12-14(9,10)11)13-5(8)4(3)7/h1-3,5-6H,4H2,(H2,15,16,17,18,19);2-8H,1H2,(H2,9,10,11)/t;2-,3-,4-,5?/m.1/s1. The summed E-state index contributed by atoms with van der Waals surface area (Å²) < 4.78 is 45.0. The predicted octanol–water partition coefficient (Wildman–Crippen LogP) is -0.222. The Bertz CT molecular complexity index is 1110. The van der Waals surface area contributed by atoms with Gasteiger partial charge in [-0.15, -0.1) is 0 Å². The molecule has 4 rings (SSSR count). The maximum absolute atomic E-state index is 13.0. The molecule has 0 spiro atoms. The Labute approximate surface area is 184 Å². The lowest BCUT2D eigenvalue weighted by atomic mass is 10.1. The highest BCUT2D eigenvalue weighted by molar-refractivity contribution is 7.46. The molecule has 0 bridgehead atoms. The van der Waals surface area contributed by atoms with Crippen molar-refractivity contribution in [1.82, 2.24) is 19.9 Å². The maximum atomic E-state index is 13.0. The first-order valence-electron chi connectivity index (χ1n) is 9.26. The molecular formula is C17H20F2N5O8P. The van der Waals surface area contributed by atoms with Gasteiger partial charge in [-0.25, -0.2) is 28.3 Å². The van der Waals surface area contributed by atoms with Crippen LogP contribution in [-0.2, 0) is 20.4 Å². The van der Waals surface area contributed by atoms with Crippen LogP contribution in [0.1, 0.15) is 5.56 Å². The van der Waals surface area contributed by atoms with Crippen molar-refractivity contribution >= 4 is 24.8 Å². The second kappa shape index (κ2) is 10.5. The third-order valence-corrected chi connectivity index (χ3v) is 4.83. The van der Waals surface area contributed by atoms with Crippen LogP contribution >= 0.6 is 7.82 Å². The van der Waals surface area contributed by atoms with Crippen LogP contribution in [-0.4, -0.2) is 76.3 Å². The molecule has 1 unspecified atom stereocenters. The van der Waals surface area contributed by atoms with Crippen molar-refractivity contribution in [3.8, 4) is 0 Å². The molecule has 1 aliphatic heterocycles. The number of H-pyrrole nitrogens is 1. The predicted molar refractivity (Wildman–Crippen MR) is 106 cm³/mol. The van der Waals surface area contributed by atoms with Gasteiger partial charge in [0.2, 0.25) is 0 Å². The van der Waals surface area contributed by atoms with E-state index < -0.39 is 50.7 Å². The van der Waals surface area contributed by atoms with Gasteiger partial charge in [-0.3, -0.25) is 4.52 Å². The molecule has 0 saturated carbocycles. The molecule has 180 valence electrons. The molecular weight excluding hydrogens is 471 g/mol. The molecule has 2 aromatic heterocycles. The highest BCUT2D eigenvalue weighted by Gasteiger charge is 2.42. The number of phosphoric ester groups is 1. The molecule has 3 heterocycles. The van der Waals surface area contributed by atoms with E-state index in [1.54, 1.807) is 0 Å². The average molecular weight is 491 g/mol. The molecule has 1 aromatic carbocycles. The number of ether oxygens (including phenoxy) is 1. The minimum absolute atomic E-state index is 0.250. The molecule has 1 aliphatic rings. The van der Waals surface area contributed by atoms with E-state index in [2.05, 4.69) is 34.5 Å². The fourth-order valence-electron chi connectivity index (χ4n) is 2.83. The van der Waals surface area contributed by atoms with Crippen molar-refractivity contribution < 1.29 is 47.7 Å². The monoisotopic (exact) mass is 491 g/mol. The lowest BCUT2D eigenvalue weighted by Gasteiger charge is -2.14. The SMILES string of the molecule is Fc1cc(F)cc(CNc2ncnc3nc[nH]c23)c1.O=P(O)(O)OC[C@H]1OC(O)[C@H](O)[C@@H]1O. The van der Waals surface area contributed by atoms with Crippen molar-refractivity contribution in [3.63, 3.8) is 0 Å². The van der Waals surface area contributed by atoms with E-state index in [1.165, 1.54) is 24.8 Å². The average Bonchev–Trinajstić information content (AvgIpc) is 3.31. The number of nitrogens with zero attached hydrogens (tertiary/aromatic N) is 3. The quantitative estimate of drug-likeness (QED) is 0.224. The van der Waals surface area contributed by atoms with Gasteiger partial charge in [0.05, 0.1) is 12.9 Å². The minimum Gasteiger partial charge on any atom is -0.387 e. The van der Waals surface area contributed by atoms with Crippen LogP contribution in [0.15, 0.2) is 30.9 Å². The van der Waals surface area contributed by atoms with E-state index in [9.17, 15) is 13.3 Å². The smallest absolute Gasteiger partial charge is 0.387 e. The Kier molecular flexibility index (Phi) is 7.99. The van der Waals surface area contributed by atoms with E-state index >= 15 is 0 Å². The van der Waals surface area contributed by atoms with Crippen LogP contribution in [0.4, 0.5) is 14.6 Å².